The van der Waals surface area contributed by atoms with Gasteiger partial charge < -0.3 is 9.64 Å². The van der Waals surface area contributed by atoms with Crippen molar-refractivity contribution in [3.05, 3.63) is 60.2 Å². The maximum atomic E-state index is 13.1. The zero-order valence-corrected chi connectivity index (χ0v) is 18.5. The monoisotopic (exact) mass is 445 g/mol. The quantitative estimate of drug-likeness (QED) is 0.738. The lowest BCUT2D eigenvalue weighted by Crippen LogP contribution is -2.45. The molecule has 0 aliphatic carbocycles. The number of anilines is 1. The number of methoxy groups -OCH3 is 1. The highest BCUT2D eigenvalue weighted by Gasteiger charge is 2.34. The zero-order valence-electron chi connectivity index (χ0n) is 17.7. The summed E-state index contributed by atoms with van der Waals surface area (Å²) in [7, 11) is -0.750. The van der Waals surface area contributed by atoms with Gasteiger partial charge in [-0.3, -0.25) is 10.1 Å². The molecular formula is C22H27N3O5S. The number of piperidine rings is 1. The number of nitrogens with one attached hydrogen (secondary N) is 1. The zero-order chi connectivity index (χ0) is 22.4. The van der Waals surface area contributed by atoms with E-state index in [0.29, 0.717) is 31.6 Å². The molecule has 8 nitrogen and oxygen atoms in total. The maximum Gasteiger partial charge on any atom is 0.411 e. The number of amides is 2. The third-order valence-electron chi connectivity index (χ3n) is 5.30. The molecule has 2 aromatic carbocycles. The number of sulfonamides is 1. The molecule has 0 saturated carbocycles. The minimum atomic E-state index is -3.75. The second-order valence-corrected chi connectivity index (χ2v) is 9.46. The molecule has 2 amide bonds. The lowest BCUT2D eigenvalue weighted by Gasteiger charge is -2.33. The fourth-order valence-corrected chi connectivity index (χ4v) is 5.16. The van der Waals surface area contributed by atoms with Gasteiger partial charge in [-0.2, -0.15) is 4.31 Å². The minimum absolute atomic E-state index is 0.0543. The summed E-state index contributed by atoms with van der Waals surface area (Å²) >= 11 is 0. The van der Waals surface area contributed by atoms with Crippen LogP contribution in [0.25, 0.3) is 0 Å². The lowest BCUT2D eigenvalue weighted by atomic mass is 9.98. The Labute approximate surface area is 182 Å². The number of rotatable bonds is 6. The number of benzene rings is 2. The molecule has 1 aliphatic rings. The van der Waals surface area contributed by atoms with E-state index < -0.39 is 16.1 Å². The predicted octanol–water partition coefficient (Wildman–Crippen LogP) is 2.92. The van der Waals surface area contributed by atoms with Crippen LogP contribution in [-0.2, 0) is 26.1 Å². The summed E-state index contributed by atoms with van der Waals surface area (Å²) in [6.07, 6.45) is 0.649. The van der Waals surface area contributed by atoms with Gasteiger partial charge in [-0.25, -0.2) is 13.2 Å². The normalized spacial score (nSPS) is 17.0. The molecular weight excluding hydrogens is 418 g/mol. The first-order valence-corrected chi connectivity index (χ1v) is 11.5. The van der Waals surface area contributed by atoms with Crippen LogP contribution in [0, 0.1) is 5.92 Å². The SMILES string of the molecule is COC(=O)Nc1ccc(S(=O)(=O)N2CCC[C@H](C(=O)N(C)Cc3ccccc3)C2)cc1. The third kappa shape index (κ3) is 5.62. The van der Waals surface area contributed by atoms with Gasteiger partial charge in [-0.05, 0) is 42.7 Å². The van der Waals surface area contributed by atoms with E-state index in [1.54, 1.807) is 11.9 Å². The lowest BCUT2D eigenvalue weighted by molar-refractivity contribution is -0.135. The third-order valence-corrected chi connectivity index (χ3v) is 7.18. The van der Waals surface area contributed by atoms with Crippen LogP contribution in [-0.4, -0.2) is 56.9 Å². The van der Waals surface area contributed by atoms with E-state index in [4.69, 9.17) is 0 Å². The molecule has 1 aliphatic heterocycles. The van der Waals surface area contributed by atoms with Crippen LogP contribution >= 0.6 is 0 Å². The smallest absolute Gasteiger partial charge is 0.411 e. The molecule has 0 aromatic heterocycles. The van der Waals surface area contributed by atoms with Gasteiger partial charge in [0, 0.05) is 32.4 Å². The van der Waals surface area contributed by atoms with Gasteiger partial charge in [0.2, 0.25) is 15.9 Å². The highest BCUT2D eigenvalue weighted by atomic mass is 32.2. The Hall–Kier alpha value is -2.91. The molecule has 1 fully saturated rings. The highest BCUT2D eigenvalue weighted by Crippen LogP contribution is 2.26. The van der Waals surface area contributed by atoms with Gasteiger partial charge in [0.1, 0.15) is 0 Å². The Balaban J connectivity index is 1.67. The Kier molecular flexibility index (Phi) is 7.29. The highest BCUT2D eigenvalue weighted by molar-refractivity contribution is 7.89. The van der Waals surface area contributed by atoms with Gasteiger partial charge in [0.15, 0.2) is 0 Å². The molecule has 166 valence electrons. The van der Waals surface area contributed by atoms with E-state index in [1.807, 2.05) is 30.3 Å². The first kappa shape index (κ1) is 22.8. The van der Waals surface area contributed by atoms with Crippen LogP contribution in [0.4, 0.5) is 10.5 Å². The van der Waals surface area contributed by atoms with Crippen LogP contribution in [0.15, 0.2) is 59.5 Å². The number of nitrogens with zero attached hydrogens (tertiary/aromatic N) is 2. The van der Waals surface area contributed by atoms with Crippen LogP contribution in [0.5, 0.6) is 0 Å². The molecule has 31 heavy (non-hydrogen) atoms. The van der Waals surface area contributed by atoms with Crippen molar-refractivity contribution >= 4 is 27.7 Å². The summed E-state index contributed by atoms with van der Waals surface area (Å²) in [4.78, 5) is 26.0. The fraction of sp³-hybridized carbons (Fsp3) is 0.364. The summed E-state index contributed by atoms with van der Waals surface area (Å²) in [5.41, 5.74) is 1.46. The standard InChI is InChI=1S/C22H27N3O5S/c1-24(15-17-7-4-3-5-8-17)21(26)18-9-6-14-25(16-18)31(28,29)20-12-10-19(11-13-20)23-22(27)30-2/h3-5,7-8,10-13,18H,6,9,14-16H2,1-2H3,(H,23,27)/t18-/m0/s1. The minimum Gasteiger partial charge on any atom is -0.453 e. The number of carbonyl (C=O) groups excluding carboxylic acids is 2. The van der Waals surface area contributed by atoms with E-state index in [1.165, 1.54) is 35.7 Å². The number of ether oxygens (including phenoxy) is 1. The summed E-state index contributed by atoms with van der Waals surface area (Å²) in [6.45, 7) is 1.01. The van der Waals surface area contributed by atoms with Crippen molar-refractivity contribution in [1.82, 2.24) is 9.21 Å². The van der Waals surface area contributed by atoms with Gasteiger partial charge in [-0.1, -0.05) is 30.3 Å². The molecule has 1 N–H and O–H groups in total. The van der Waals surface area contributed by atoms with E-state index >= 15 is 0 Å². The van der Waals surface area contributed by atoms with Crippen molar-refractivity contribution in [3.8, 4) is 0 Å². The van der Waals surface area contributed by atoms with Crippen molar-refractivity contribution in [2.45, 2.75) is 24.3 Å². The summed E-state index contributed by atoms with van der Waals surface area (Å²) in [5.74, 6) is -0.432. The number of hydrogen-bond acceptors (Lipinski definition) is 5. The van der Waals surface area contributed by atoms with Gasteiger partial charge in [0.25, 0.3) is 0 Å². The van der Waals surface area contributed by atoms with E-state index in [9.17, 15) is 18.0 Å². The van der Waals surface area contributed by atoms with Crippen LogP contribution in [0.3, 0.4) is 0 Å². The molecule has 0 unspecified atom stereocenters. The van der Waals surface area contributed by atoms with E-state index in [-0.39, 0.29) is 23.3 Å². The Morgan fingerprint density at radius 2 is 1.81 bits per heavy atom. The molecule has 3 rings (SSSR count). The molecule has 1 saturated heterocycles. The van der Waals surface area contributed by atoms with Crippen molar-refractivity contribution in [2.24, 2.45) is 5.92 Å². The summed E-state index contributed by atoms with van der Waals surface area (Å²) in [5, 5.41) is 2.48. The second kappa shape index (κ2) is 9.93. The Morgan fingerprint density at radius 1 is 1.13 bits per heavy atom. The van der Waals surface area contributed by atoms with E-state index in [2.05, 4.69) is 10.1 Å². The first-order valence-electron chi connectivity index (χ1n) is 10.1. The summed E-state index contributed by atoms with van der Waals surface area (Å²) < 4.78 is 32.1. The molecule has 2 aromatic rings. The van der Waals surface area contributed by atoms with Gasteiger partial charge >= 0.3 is 6.09 Å². The topological polar surface area (TPSA) is 96.0 Å². The average Bonchev–Trinajstić information content (AvgIpc) is 2.79. The molecule has 0 radical (unpaired) electrons. The summed E-state index contributed by atoms with van der Waals surface area (Å²) in [6, 6.07) is 15.6. The molecule has 1 atom stereocenters. The Bertz CT molecular complexity index is 1010. The van der Waals surface area contributed by atoms with Crippen molar-refractivity contribution in [3.63, 3.8) is 0 Å². The fourth-order valence-electron chi connectivity index (χ4n) is 3.64. The second-order valence-electron chi connectivity index (χ2n) is 7.52. The Morgan fingerprint density at radius 3 is 2.45 bits per heavy atom. The number of carbonyl (C=O) groups is 2. The van der Waals surface area contributed by atoms with E-state index in [0.717, 1.165) is 5.56 Å². The van der Waals surface area contributed by atoms with Crippen molar-refractivity contribution < 1.29 is 22.7 Å². The predicted molar refractivity (Wildman–Crippen MR) is 117 cm³/mol. The van der Waals surface area contributed by atoms with Crippen LogP contribution in [0.1, 0.15) is 18.4 Å². The average molecular weight is 446 g/mol. The van der Waals surface area contributed by atoms with Gasteiger partial charge in [0.05, 0.1) is 17.9 Å². The molecule has 1 heterocycles. The van der Waals surface area contributed by atoms with Crippen LogP contribution in [0.2, 0.25) is 0 Å². The van der Waals surface area contributed by atoms with Crippen LogP contribution < -0.4 is 5.32 Å². The largest absolute Gasteiger partial charge is 0.453 e. The maximum absolute atomic E-state index is 13.1. The van der Waals surface area contributed by atoms with Crippen molar-refractivity contribution in [2.75, 3.05) is 32.6 Å². The van der Waals surface area contributed by atoms with Gasteiger partial charge in [-0.15, -0.1) is 0 Å². The molecule has 0 spiro atoms. The first-order chi connectivity index (χ1) is 14.8. The van der Waals surface area contributed by atoms with Crippen molar-refractivity contribution in [1.29, 1.82) is 0 Å². The number of hydrogen-bond donors (Lipinski definition) is 1. The molecule has 0 bridgehead atoms. The molecule has 9 heteroatoms.